The van der Waals surface area contributed by atoms with Crippen LogP contribution < -0.4 is 5.32 Å². The van der Waals surface area contributed by atoms with Gasteiger partial charge in [0.2, 0.25) is 0 Å². The predicted molar refractivity (Wildman–Crippen MR) is 50.6 cm³/mol. The Morgan fingerprint density at radius 1 is 1.40 bits per heavy atom. The van der Waals surface area contributed by atoms with Crippen LogP contribution in [0.15, 0.2) is 12.7 Å². The zero-order chi connectivity index (χ0) is 11.7. The normalized spacial score (nSPS) is 13.9. The van der Waals surface area contributed by atoms with Crippen molar-refractivity contribution in [2.45, 2.75) is 18.7 Å². The van der Waals surface area contributed by atoms with Crippen LogP contribution in [0, 0.1) is 0 Å². The van der Waals surface area contributed by atoms with Crippen LogP contribution in [-0.2, 0) is 4.74 Å². The summed E-state index contributed by atoms with van der Waals surface area (Å²) in [6.07, 6.45) is -4.46. The van der Waals surface area contributed by atoms with E-state index < -0.39 is 18.8 Å². The van der Waals surface area contributed by atoms with Crippen LogP contribution in [0.4, 0.5) is 13.2 Å². The van der Waals surface area contributed by atoms with Gasteiger partial charge < -0.3 is 15.2 Å². The first-order valence-electron chi connectivity index (χ1n) is 4.62. The largest absolute Gasteiger partial charge is 0.415 e. The van der Waals surface area contributed by atoms with E-state index in [4.69, 9.17) is 9.84 Å². The fourth-order valence-corrected chi connectivity index (χ4v) is 0.768. The second-order valence-electron chi connectivity index (χ2n) is 2.95. The highest BCUT2D eigenvalue weighted by Gasteiger charge is 2.37. The number of aliphatic hydroxyl groups is 1. The van der Waals surface area contributed by atoms with Gasteiger partial charge in [0, 0.05) is 13.1 Å². The molecule has 0 amide bonds. The van der Waals surface area contributed by atoms with E-state index in [0.717, 1.165) is 0 Å². The van der Waals surface area contributed by atoms with E-state index in [0.29, 0.717) is 19.6 Å². The molecule has 0 aliphatic heterocycles. The molecule has 1 atom stereocenters. The number of nitrogens with one attached hydrogen (secondary N) is 1. The van der Waals surface area contributed by atoms with Crippen LogP contribution in [-0.4, -0.2) is 43.7 Å². The van der Waals surface area contributed by atoms with Crippen molar-refractivity contribution in [1.82, 2.24) is 5.32 Å². The Morgan fingerprint density at radius 2 is 2.07 bits per heavy atom. The third-order valence-corrected chi connectivity index (χ3v) is 1.61. The van der Waals surface area contributed by atoms with E-state index in [1.807, 2.05) is 0 Å². The van der Waals surface area contributed by atoms with Gasteiger partial charge in [0.15, 0.2) is 6.10 Å². The molecule has 0 spiro atoms. The van der Waals surface area contributed by atoms with Crippen LogP contribution in [0.2, 0.25) is 0 Å². The summed E-state index contributed by atoms with van der Waals surface area (Å²) in [5.41, 5.74) is 0. The standard InChI is InChI=1S/C9H16F3NO2/c1-2-3-5-15-6-4-13-7-8(14)9(10,11)12/h2,8,13-14H,1,3-7H2. The van der Waals surface area contributed by atoms with E-state index in [1.165, 1.54) is 0 Å². The van der Waals surface area contributed by atoms with Gasteiger partial charge in [-0.2, -0.15) is 13.2 Å². The Hall–Kier alpha value is -0.590. The second-order valence-corrected chi connectivity index (χ2v) is 2.95. The molecule has 0 saturated heterocycles. The molecule has 6 heteroatoms. The maximum absolute atomic E-state index is 11.8. The van der Waals surface area contributed by atoms with Crippen molar-refractivity contribution in [3.63, 3.8) is 0 Å². The van der Waals surface area contributed by atoms with Gasteiger partial charge in [-0.25, -0.2) is 0 Å². The molecule has 0 aliphatic rings. The minimum atomic E-state index is -4.56. The molecule has 3 nitrogen and oxygen atoms in total. The van der Waals surface area contributed by atoms with Crippen LogP contribution in [0.3, 0.4) is 0 Å². The van der Waals surface area contributed by atoms with Crippen LogP contribution >= 0.6 is 0 Å². The number of ether oxygens (including phenoxy) is 1. The predicted octanol–water partition coefficient (Wildman–Crippen LogP) is 1.09. The van der Waals surface area contributed by atoms with Gasteiger partial charge in [-0.15, -0.1) is 6.58 Å². The molecule has 2 N–H and O–H groups in total. The maximum atomic E-state index is 11.8. The molecule has 1 unspecified atom stereocenters. The minimum absolute atomic E-state index is 0.282. The van der Waals surface area contributed by atoms with Gasteiger partial charge in [0.1, 0.15) is 0 Å². The molecule has 0 heterocycles. The summed E-state index contributed by atoms with van der Waals surface area (Å²) in [7, 11) is 0. The number of hydrogen-bond acceptors (Lipinski definition) is 3. The van der Waals surface area contributed by atoms with Crippen molar-refractivity contribution in [3.8, 4) is 0 Å². The molecule has 0 aromatic heterocycles. The van der Waals surface area contributed by atoms with Gasteiger partial charge in [-0.3, -0.25) is 0 Å². The molecular formula is C9H16F3NO2. The Labute approximate surface area is 86.9 Å². The molecule has 0 fully saturated rings. The van der Waals surface area contributed by atoms with Crippen LogP contribution in [0.5, 0.6) is 0 Å². The third kappa shape index (κ3) is 8.41. The quantitative estimate of drug-likeness (QED) is 0.482. The van der Waals surface area contributed by atoms with Gasteiger partial charge in [0.05, 0.1) is 13.2 Å². The van der Waals surface area contributed by atoms with Gasteiger partial charge in [0.25, 0.3) is 0 Å². The average molecular weight is 227 g/mol. The first-order chi connectivity index (χ1) is 6.98. The first-order valence-corrected chi connectivity index (χ1v) is 4.62. The summed E-state index contributed by atoms with van der Waals surface area (Å²) in [6.45, 7) is 4.09. The molecule has 0 rings (SSSR count). The van der Waals surface area contributed by atoms with Crippen molar-refractivity contribution in [1.29, 1.82) is 0 Å². The van der Waals surface area contributed by atoms with E-state index in [9.17, 15) is 13.2 Å². The van der Waals surface area contributed by atoms with E-state index >= 15 is 0 Å². The summed E-state index contributed by atoms with van der Waals surface area (Å²) in [5.74, 6) is 0. The van der Waals surface area contributed by atoms with Crippen LogP contribution in [0.1, 0.15) is 6.42 Å². The SMILES string of the molecule is C=CCCOCCNCC(O)C(F)(F)F. The van der Waals surface area contributed by atoms with Gasteiger partial charge in [-0.1, -0.05) is 6.08 Å². The monoisotopic (exact) mass is 227 g/mol. The van der Waals surface area contributed by atoms with Crippen molar-refractivity contribution in [3.05, 3.63) is 12.7 Å². The Morgan fingerprint density at radius 3 is 2.60 bits per heavy atom. The lowest BCUT2D eigenvalue weighted by Crippen LogP contribution is -2.39. The topological polar surface area (TPSA) is 41.5 Å². The highest BCUT2D eigenvalue weighted by atomic mass is 19.4. The molecule has 0 aromatic carbocycles. The minimum Gasteiger partial charge on any atom is -0.382 e. The Kier molecular flexibility index (Phi) is 7.37. The molecule has 15 heavy (non-hydrogen) atoms. The highest BCUT2D eigenvalue weighted by molar-refractivity contribution is 4.68. The van der Waals surface area contributed by atoms with Crippen molar-refractivity contribution >= 4 is 0 Å². The summed E-state index contributed by atoms with van der Waals surface area (Å²) in [5, 5.41) is 11.0. The Bertz CT molecular complexity index is 173. The number of aliphatic hydroxyl groups excluding tert-OH is 1. The first kappa shape index (κ1) is 14.4. The highest BCUT2D eigenvalue weighted by Crippen LogP contribution is 2.18. The number of alkyl halides is 3. The fraction of sp³-hybridized carbons (Fsp3) is 0.778. The lowest BCUT2D eigenvalue weighted by atomic mass is 10.3. The van der Waals surface area contributed by atoms with Gasteiger partial charge >= 0.3 is 6.18 Å². The molecule has 0 radical (unpaired) electrons. The van der Waals surface area contributed by atoms with Crippen molar-refractivity contribution in [2.24, 2.45) is 0 Å². The van der Waals surface area contributed by atoms with Crippen molar-refractivity contribution in [2.75, 3.05) is 26.3 Å². The van der Waals surface area contributed by atoms with Crippen molar-refractivity contribution < 1.29 is 23.0 Å². The zero-order valence-corrected chi connectivity index (χ0v) is 8.39. The summed E-state index contributed by atoms with van der Waals surface area (Å²) < 4.78 is 40.4. The van der Waals surface area contributed by atoms with Crippen LogP contribution in [0.25, 0.3) is 0 Å². The molecule has 90 valence electrons. The average Bonchev–Trinajstić information content (AvgIpc) is 2.14. The second kappa shape index (κ2) is 7.67. The molecule has 0 aromatic rings. The lowest BCUT2D eigenvalue weighted by molar-refractivity contribution is -0.201. The molecule has 0 bridgehead atoms. The van der Waals surface area contributed by atoms with Gasteiger partial charge in [-0.05, 0) is 6.42 Å². The van der Waals surface area contributed by atoms with E-state index in [-0.39, 0.29) is 6.54 Å². The number of halogens is 3. The van der Waals surface area contributed by atoms with E-state index in [1.54, 1.807) is 6.08 Å². The third-order valence-electron chi connectivity index (χ3n) is 1.61. The molecule has 0 aliphatic carbocycles. The zero-order valence-electron chi connectivity index (χ0n) is 8.39. The Balaban J connectivity index is 3.27. The molecular weight excluding hydrogens is 211 g/mol. The number of rotatable bonds is 8. The smallest absolute Gasteiger partial charge is 0.382 e. The molecule has 0 saturated carbocycles. The summed E-state index contributed by atoms with van der Waals surface area (Å²) >= 11 is 0. The fourth-order valence-electron chi connectivity index (χ4n) is 0.768. The summed E-state index contributed by atoms with van der Waals surface area (Å²) in [6, 6.07) is 0. The lowest BCUT2D eigenvalue weighted by Gasteiger charge is -2.14. The summed E-state index contributed by atoms with van der Waals surface area (Å²) in [4.78, 5) is 0. The maximum Gasteiger partial charge on any atom is 0.415 e. The number of hydrogen-bond donors (Lipinski definition) is 2. The van der Waals surface area contributed by atoms with E-state index in [2.05, 4.69) is 11.9 Å².